The zero-order valence-corrected chi connectivity index (χ0v) is 13.4. The number of fused-ring (bicyclic) bond motifs is 2. The second-order valence-electron chi connectivity index (χ2n) is 5.52. The molecule has 4 nitrogen and oxygen atoms in total. The number of hydrogen-bond donors (Lipinski definition) is 0. The van der Waals surface area contributed by atoms with Crippen LogP contribution < -0.4 is 0 Å². The molecule has 114 valence electrons. The lowest BCUT2D eigenvalue weighted by Crippen LogP contribution is -1.96. The van der Waals surface area contributed by atoms with Crippen LogP contribution in [0.1, 0.15) is 0 Å². The maximum Gasteiger partial charge on any atom is 0.124 e. The van der Waals surface area contributed by atoms with E-state index in [1.54, 1.807) is 11.3 Å². The van der Waals surface area contributed by atoms with E-state index in [1.165, 1.54) is 4.70 Å². The number of benzene rings is 3. The summed E-state index contributed by atoms with van der Waals surface area (Å²) in [5.74, 6) is 0. The molecule has 0 saturated carbocycles. The van der Waals surface area contributed by atoms with E-state index in [0.717, 1.165) is 32.8 Å². The first-order valence-corrected chi connectivity index (χ1v) is 8.47. The summed E-state index contributed by atoms with van der Waals surface area (Å²) in [7, 11) is 0. The fourth-order valence-electron chi connectivity index (χ4n) is 2.80. The Morgan fingerprint density at radius 2 is 1.50 bits per heavy atom. The molecule has 2 heterocycles. The van der Waals surface area contributed by atoms with Gasteiger partial charge in [-0.25, -0.2) is 9.67 Å². The summed E-state index contributed by atoms with van der Waals surface area (Å²) in [6, 6.07) is 24.5. The first-order valence-electron chi connectivity index (χ1n) is 7.65. The van der Waals surface area contributed by atoms with Gasteiger partial charge in [0.05, 0.1) is 21.4 Å². The Balaban J connectivity index is 1.57. The van der Waals surface area contributed by atoms with Crippen molar-refractivity contribution in [3.8, 4) is 16.3 Å². The highest BCUT2D eigenvalue weighted by Gasteiger charge is 2.08. The molecule has 0 radical (unpaired) electrons. The Bertz CT molecular complexity index is 1120. The predicted molar refractivity (Wildman–Crippen MR) is 97.5 cm³/mol. The lowest BCUT2D eigenvalue weighted by molar-refractivity contribution is 0.824. The molecule has 5 aromatic rings. The quantitative estimate of drug-likeness (QED) is 0.472. The lowest BCUT2D eigenvalue weighted by atomic mass is 10.2. The Hall–Kier alpha value is -3.05. The molecule has 2 aromatic heterocycles. The standard InChI is InChI=1S/C19H12N4S/c1-3-7-17-15(5-1)21-22-23(17)14-11-9-13(10-12-14)19-20-16-6-2-4-8-18(16)24-19/h1-12H. The van der Waals surface area contributed by atoms with Crippen LogP contribution in [-0.2, 0) is 0 Å². The average Bonchev–Trinajstić information content (AvgIpc) is 3.26. The van der Waals surface area contributed by atoms with Crippen molar-refractivity contribution in [2.45, 2.75) is 0 Å². The van der Waals surface area contributed by atoms with Crippen LogP contribution in [0.15, 0.2) is 72.8 Å². The van der Waals surface area contributed by atoms with Crippen LogP contribution in [0.3, 0.4) is 0 Å². The van der Waals surface area contributed by atoms with Gasteiger partial charge in [0.25, 0.3) is 0 Å². The number of thiazole rings is 1. The van der Waals surface area contributed by atoms with Crippen LogP contribution in [0.5, 0.6) is 0 Å². The van der Waals surface area contributed by atoms with Crippen molar-refractivity contribution in [2.24, 2.45) is 0 Å². The van der Waals surface area contributed by atoms with Gasteiger partial charge in [0, 0.05) is 5.56 Å². The molecule has 0 saturated heterocycles. The number of rotatable bonds is 2. The molecular formula is C19H12N4S. The first kappa shape index (κ1) is 13.4. The maximum atomic E-state index is 4.71. The van der Waals surface area contributed by atoms with E-state index in [9.17, 15) is 0 Å². The van der Waals surface area contributed by atoms with E-state index >= 15 is 0 Å². The topological polar surface area (TPSA) is 43.6 Å². The van der Waals surface area contributed by atoms with Gasteiger partial charge in [-0.1, -0.05) is 29.5 Å². The molecule has 0 fully saturated rings. The number of hydrogen-bond acceptors (Lipinski definition) is 4. The third-order valence-corrected chi connectivity index (χ3v) is 5.09. The van der Waals surface area contributed by atoms with Gasteiger partial charge in [-0.3, -0.25) is 0 Å². The summed E-state index contributed by atoms with van der Waals surface area (Å²) in [5.41, 5.74) is 5.06. The van der Waals surface area contributed by atoms with Gasteiger partial charge < -0.3 is 0 Å². The molecule has 24 heavy (non-hydrogen) atoms. The Labute approximate surface area is 142 Å². The van der Waals surface area contributed by atoms with Crippen LogP contribution in [0, 0.1) is 0 Å². The number of aromatic nitrogens is 4. The van der Waals surface area contributed by atoms with Crippen LogP contribution in [0.2, 0.25) is 0 Å². The SMILES string of the molecule is c1ccc2sc(-c3ccc(-n4nnc5ccccc54)cc3)nc2c1. The molecule has 0 bridgehead atoms. The fourth-order valence-corrected chi connectivity index (χ4v) is 3.77. The Kier molecular flexibility index (Phi) is 2.93. The normalized spacial score (nSPS) is 11.3. The van der Waals surface area contributed by atoms with Gasteiger partial charge >= 0.3 is 0 Å². The van der Waals surface area contributed by atoms with Crippen LogP contribution in [-0.4, -0.2) is 20.0 Å². The summed E-state index contributed by atoms with van der Waals surface area (Å²) >= 11 is 1.71. The zero-order valence-electron chi connectivity index (χ0n) is 12.6. The summed E-state index contributed by atoms with van der Waals surface area (Å²) < 4.78 is 3.07. The van der Waals surface area contributed by atoms with Crippen LogP contribution >= 0.6 is 11.3 Å². The molecular weight excluding hydrogens is 316 g/mol. The van der Waals surface area contributed by atoms with Gasteiger partial charge in [0.1, 0.15) is 10.5 Å². The Morgan fingerprint density at radius 3 is 2.33 bits per heavy atom. The van der Waals surface area contributed by atoms with Gasteiger partial charge in [0.2, 0.25) is 0 Å². The van der Waals surface area contributed by atoms with Crippen LogP contribution in [0.25, 0.3) is 37.5 Å². The van der Waals surface area contributed by atoms with E-state index in [1.807, 2.05) is 47.1 Å². The van der Waals surface area contributed by atoms with Crippen molar-refractivity contribution in [1.82, 2.24) is 20.0 Å². The minimum absolute atomic E-state index is 0.896. The Morgan fingerprint density at radius 1 is 0.750 bits per heavy atom. The molecule has 0 N–H and O–H groups in total. The second kappa shape index (κ2) is 5.25. The average molecular weight is 328 g/mol. The molecule has 0 unspecified atom stereocenters. The number of para-hydroxylation sites is 2. The van der Waals surface area contributed by atoms with Gasteiger partial charge in [-0.15, -0.1) is 16.4 Å². The van der Waals surface area contributed by atoms with Crippen molar-refractivity contribution in [1.29, 1.82) is 0 Å². The number of nitrogens with zero attached hydrogens (tertiary/aromatic N) is 4. The molecule has 0 amide bonds. The third-order valence-electron chi connectivity index (χ3n) is 4.00. The van der Waals surface area contributed by atoms with Crippen molar-refractivity contribution < 1.29 is 0 Å². The minimum Gasteiger partial charge on any atom is -0.236 e. The molecule has 0 spiro atoms. The van der Waals surface area contributed by atoms with Gasteiger partial charge in [0.15, 0.2) is 0 Å². The third kappa shape index (κ3) is 2.10. The van der Waals surface area contributed by atoms with Crippen LogP contribution in [0.4, 0.5) is 0 Å². The van der Waals surface area contributed by atoms with Gasteiger partial charge in [-0.05, 0) is 48.5 Å². The van der Waals surface area contributed by atoms with Crippen molar-refractivity contribution >= 4 is 32.6 Å². The monoisotopic (exact) mass is 328 g/mol. The minimum atomic E-state index is 0.896. The molecule has 0 atom stereocenters. The van der Waals surface area contributed by atoms with Crippen molar-refractivity contribution in [3.63, 3.8) is 0 Å². The molecule has 0 aliphatic heterocycles. The highest BCUT2D eigenvalue weighted by atomic mass is 32.1. The van der Waals surface area contributed by atoms with Crippen molar-refractivity contribution in [3.05, 3.63) is 72.8 Å². The smallest absolute Gasteiger partial charge is 0.124 e. The highest BCUT2D eigenvalue weighted by Crippen LogP contribution is 2.30. The lowest BCUT2D eigenvalue weighted by Gasteiger charge is -2.03. The summed E-state index contributed by atoms with van der Waals surface area (Å²) in [6.07, 6.45) is 0. The van der Waals surface area contributed by atoms with E-state index in [-0.39, 0.29) is 0 Å². The second-order valence-corrected chi connectivity index (χ2v) is 6.55. The van der Waals surface area contributed by atoms with E-state index in [4.69, 9.17) is 4.98 Å². The predicted octanol–water partition coefficient (Wildman–Crippen LogP) is 4.70. The van der Waals surface area contributed by atoms with Crippen molar-refractivity contribution in [2.75, 3.05) is 0 Å². The first-order chi connectivity index (χ1) is 11.9. The summed E-state index contributed by atoms with van der Waals surface area (Å²) in [4.78, 5) is 4.71. The largest absolute Gasteiger partial charge is 0.236 e. The molecule has 0 aliphatic rings. The van der Waals surface area contributed by atoms with E-state index < -0.39 is 0 Å². The zero-order chi connectivity index (χ0) is 15.9. The molecule has 5 rings (SSSR count). The molecule has 5 heteroatoms. The molecule has 0 aliphatic carbocycles. The maximum absolute atomic E-state index is 4.71. The van der Waals surface area contributed by atoms with E-state index in [0.29, 0.717) is 0 Å². The fraction of sp³-hybridized carbons (Fsp3) is 0. The summed E-state index contributed by atoms with van der Waals surface area (Å²) in [6.45, 7) is 0. The highest BCUT2D eigenvalue weighted by molar-refractivity contribution is 7.21. The van der Waals surface area contributed by atoms with Gasteiger partial charge in [-0.2, -0.15) is 0 Å². The van der Waals surface area contributed by atoms with E-state index in [2.05, 4.69) is 40.6 Å². The summed E-state index contributed by atoms with van der Waals surface area (Å²) in [5, 5.41) is 9.50. The molecule has 3 aromatic carbocycles.